The number of carbonyl (C=O) groups is 2. The zero-order valence-electron chi connectivity index (χ0n) is 15.0. The van der Waals surface area contributed by atoms with E-state index in [9.17, 15) is 9.59 Å². The summed E-state index contributed by atoms with van der Waals surface area (Å²) in [6.45, 7) is 7.08. The molecule has 134 valence electrons. The summed E-state index contributed by atoms with van der Waals surface area (Å²) in [4.78, 5) is 28.9. The summed E-state index contributed by atoms with van der Waals surface area (Å²) < 4.78 is 1.96. The van der Waals surface area contributed by atoms with Gasteiger partial charge in [-0.3, -0.25) is 9.59 Å². The van der Waals surface area contributed by atoms with Crippen molar-refractivity contribution in [3.8, 4) is 0 Å². The van der Waals surface area contributed by atoms with Crippen molar-refractivity contribution in [2.75, 3.05) is 6.54 Å². The molecule has 2 amide bonds. The highest BCUT2D eigenvalue weighted by molar-refractivity contribution is 5.98. The third-order valence-corrected chi connectivity index (χ3v) is 4.08. The second-order valence-corrected chi connectivity index (χ2v) is 6.46. The number of amides is 2. The van der Waals surface area contributed by atoms with E-state index in [0.29, 0.717) is 12.1 Å². The normalized spacial score (nSPS) is 12.0. The number of nitrogens with one attached hydrogen (secondary N) is 2. The van der Waals surface area contributed by atoms with Gasteiger partial charge in [0, 0.05) is 31.0 Å². The maximum absolute atomic E-state index is 12.5. The highest BCUT2D eigenvalue weighted by Gasteiger charge is 2.24. The topological polar surface area (TPSA) is 76.0 Å². The number of benzene rings is 1. The molecule has 0 aliphatic rings. The quantitative estimate of drug-likeness (QED) is 0.722. The molecule has 2 rings (SSSR count). The van der Waals surface area contributed by atoms with Crippen molar-refractivity contribution in [2.45, 2.75) is 39.8 Å². The molecule has 1 unspecified atom stereocenters. The van der Waals surface area contributed by atoms with Gasteiger partial charge in [0.1, 0.15) is 6.04 Å². The first kappa shape index (κ1) is 18.7. The summed E-state index contributed by atoms with van der Waals surface area (Å²) in [5, 5.41) is 5.77. The minimum atomic E-state index is -0.555. The molecule has 1 atom stereocenters. The van der Waals surface area contributed by atoms with E-state index in [1.807, 2.05) is 49.7 Å². The highest BCUT2D eigenvalue weighted by atomic mass is 16.2. The predicted octanol–water partition coefficient (Wildman–Crippen LogP) is 2.15. The molecule has 0 aliphatic carbocycles. The van der Waals surface area contributed by atoms with Crippen LogP contribution in [0.1, 0.15) is 36.2 Å². The van der Waals surface area contributed by atoms with E-state index in [2.05, 4.69) is 15.6 Å². The lowest BCUT2D eigenvalue weighted by Gasteiger charge is -2.22. The highest BCUT2D eigenvalue weighted by Crippen LogP contribution is 2.09. The lowest BCUT2D eigenvalue weighted by molar-refractivity contribution is -0.123. The van der Waals surface area contributed by atoms with E-state index in [0.717, 1.165) is 18.5 Å². The Morgan fingerprint density at radius 3 is 2.64 bits per heavy atom. The van der Waals surface area contributed by atoms with E-state index >= 15 is 0 Å². The van der Waals surface area contributed by atoms with Crippen LogP contribution in [-0.2, 0) is 11.3 Å². The molecule has 0 radical (unpaired) electrons. The van der Waals surface area contributed by atoms with Gasteiger partial charge in [-0.2, -0.15) is 0 Å². The zero-order valence-corrected chi connectivity index (χ0v) is 15.0. The first-order chi connectivity index (χ1) is 12.0. The third-order valence-electron chi connectivity index (χ3n) is 4.08. The van der Waals surface area contributed by atoms with Crippen LogP contribution in [-0.4, -0.2) is 34.0 Å². The van der Waals surface area contributed by atoms with Crippen LogP contribution in [0.3, 0.4) is 0 Å². The Morgan fingerprint density at radius 1 is 1.24 bits per heavy atom. The number of rotatable bonds is 8. The van der Waals surface area contributed by atoms with E-state index in [1.165, 1.54) is 0 Å². The minimum Gasteiger partial charge on any atom is -0.354 e. The van der Waals surface area contributed by atoms with E-state index in [-0.39, 0.29) is 17.7 Å². The fourth-order valence-corrected chi connectivity index (χ4v) is 2.58. The molecule has 6 heteroatoms. The van der Waals surface area contributed by atoms with Crippen LogP contribution >= 0.6 is 0 Å². The number of aromatic nitrogens is 2. The van der Waals surface area contributed by atoms with Crippen LogP contribution in [0.4, 0.5) is 0 Å². The van der Waals surface area contributed by atoms with Gasteiger partial charge in [0.25, 0.3) is 5.91 Å². The summed E-state index contributed by atoms with van der Waals surface area (Å²) >= 11 is 0. The first-order valence-electron chi connectivity index (χ1n) is 8.59. The second kappa shape index (κ2) is 9.01. The largest absolute Gasteiger partial charge is 0.354 e. The number of nitrogens with zero attached hydrogens (tertiary/aromatic N) is 2. The molecule has 0 spiro atoms. The Hall–Kier alpha value is -2.63. The van der Waals surface area contributed by atoms with Gasteiger partial charge in [0.05, 0.1) is 6.33 Å². The second-order valence-electron chi connectivity index (χ2n) is 6.46. The van der Waals surface area contributed by atoms with E-state index in [4.69, 9.17) is 0 Å². The van der Waals surface area contributed by atoms with Crippen LogP contribution < -0.4 is 10.6 Å². The zero-order chi connectivity index (χ0) is 18.2. The van der Waals surface area contributed by atoms with E-state index in [1.54, 1.807) is 18.6 Å². The third kappa shape index (κ3) is 5.45. The number of hydrogen-bond acceptors (Lipinski definition) is 3. The average Bonchev–Trinajstić information content (AvgIpc) is 3.09. The predicted molar refractivity (Wildman–Crippen MR) is 97.1 cm³/mol. The van der Waals surface area contributed by atoms with Gasteiger partial charge in [-0.25, -0.2) is 4.98 Å². The molecule has 0 saturated carbocycles. The fraction of sp³-hybridized carbons (Fsp3) is 0.421. The standard InChI is InChI=1S/C19H26N4O2/c1-14(2)17(22-18(24)16-8-5-4-7-15(16)3)19(25)21-9-6-11-23-12-10-20-13-23/h4-5,7-8,10,12-14,17H,6,9,11H2,1-3H3,(H,21,25)(H,22,24). The monoisotopic (exact) mass is 342 g/mol. The van der Waals surface area contributed by atoms with Crippen LogP contribution in [0.5, 0.6) is 0 Å². The van der Waals surface area contributed by atoms with Crippen molar-refractivity contribution in [3.05, 3.63) is 54.1 Å². The van der Waals surface area contributed by atoms with Crippen molar-refractivity contribution < 1.29 is 9.59 Å². The van der Waals surface area contributed by atoms with Gasteiger partial charge in [0.15, 0.2) is 0 Å². The Bertz CT molecular complexity index is 695. The Balaban J connectivity index is 1.87. The van der Waals surface area contributed by atoms with Gasteiger partial charge >= 0.3 is 0 Å². The molecular formula is C19H26N4O2. The number of aryl methyl sites for hydroxylation is 2. The van der Waals surface area contributed by atoms with Crippen molar-refractivity contribution in [2.24, 2.45) is 5.92 Å². The summed E-state index contributed by atoms with van der Waals surface area (Å²) in [5.41, 5.74) is 1.49. The molecule has 1 aromatic carbocycles. The SMILES string of the molecule is Cc1ccccc1C(=O)NC(C(=O)NCCCn1ccnc1)C(C)C. The molecular weight excluding hydrogens is 316 g/mol. The Kier molecular flexibility index (Phi) is 6.74. The van der Waals surface area contributed by atoms with Gasteiger partial charge in [-0.1, -0.05) is 32.0 Å². The van der Waals surface area contributed by atoms with Gasteiger partial charge in [-0.15, -0.1) is 0 Å². The Morgan fingerprint density at radius 2 is 2.00 bits per heavy atom. The number of imidazole rings is 1. The van der Waals surface area contributed by atoms with Crippen molar-refractivity contribution in [1.82, 2.24) is 20.2 Å². The molecule has 0 aliphatic heterocycles. The van der Waals surface area contributed by atoms with E-state index < -0.39 is 6.04 Å². The summed E-state index contributed by atoms with van der Waals surface area (Å²) in [7, 11) is 0. The molecule has 0 saturated heterocycles. The minimum absolute atomic E-state index is 0.00150. The molecule has 1 heterocycles. The lowest BCUT2D eigenvalue weighted by atomic mass is 10.0. The lowest BCUT2D eigenvalue weighted by Crippen LogP contribution is -2.50. The molecule has 2 N–H and O–H groups in total. The molecule has 0 fully saturated rings. The van der Waals surface area contributed by atoms with Crippen LogP contribution in [0.15, 0.2) is 43.0 Å². The maximum Gasteiger partial charge on any atom is 0.252 e. The van der Waals surface area contributed by atoms with Crippen molar-refractivity contribution >= 4 is 11.8 Å². The average molecular weight is 342 g/mol. The summed E-state index contributed by atoms with van der Waals surface area (Å²) in [6.07, 6.45) is 6.18. The maximum atomic E-state index is 12.5. The molecule has 2 aromatic rings. The van der Waals surface area contributed by atoms with Crippen molar-refractivity contribution in [1.29, 1.82) is 0 Å². The molecule has 6 nitrogen and oxygen atoms in total. The molecule has 1 aromatic heterocycles. The van der Waals surface area contributed by atoms with Gasteiger partial charge < -0.3 is 15.2 Å². The smallest absolute Gasteiger partial charge is 0.252 e. The first-order valence-corrected chi connectivity index (χ1v) is 8.59. The van der Waals surface area contributed by atoms with Gasteiger partial charge in [0.2, 0.25) is 5.91 Å². The van der Waals surface area contributed by atoms with Crippen LogP contribution in [0.2, 0.25) is 0 Å². The van der Waals surface area contributed by atoms with Crippen molar-refractivity contribution in [3.63, 3.8) is 0 Å². The summed E-state index contributed by atoms with van der Waals surface area (Å²) in [6, 6.07) is 6.81. The van der Waals surface area contributed by atoms with Crippen LogP contribution in [0.25, 0.3) is 0 Å². The Labute approximate surface area is 148 Å². The molecule has 0 bridgehead atoms. The van der Waals surface area contributed by atoms with Crippen LogP contribution in [0, 0.1) is 12.8 Å². The molecule has 25 heavy (non-hydrogen) atoms. The fourth-order valence-electron chi connectivity index (χ4n) is 2.58. The number of hydrogen-bond donors (Lipinski definition) is 2. The van der Waals surface area contributed by atoms with Gasteiger partial charge in [-0.05, 0) is 30.9 Å². The summed E-state index contributed by atoms with van der Waals surface area (Å²) in [5.74, 6) is -0.366. The number of carbonyl (C=O) groups excluding carboxylic acids is 2.